The summed E-state index contributed by atoms with van der Waals surface area (Å²) in [5.41, 5.74) is 6.72. The van der Waals surface area contributed by atoms with Gasteiger partial charge in [-0.25, -0.2) is 4.98 Å². The number of hydrogen-bond donors (Lipinski definition) is 2. The number of methoxy groups -OCH3 is 1. The van der Waals surface area contributed by atoms with Gasteiger partial charge in [-0.2, -0.15) is 0 Å². The highest BCUT2D eigenvalue weighted by Gasteiger charge is 2.33. The molecule has 1 amide bonds. The molecular weight excluding hydrogens is 426 g/mol. The summed E-state index contributed by atoms with van der Waals surface area (Å²) in [6, 6.07) is 14.2. The fraction of sp³-hybridized carbons (Fsp3) is 0.296. The quantitative estimate of drug-likeness (QED) is 0.433. The van der Waals surface area contributed by atoms with Gasteiger partial charge in [0, 0.05) is 42.7 Å². The monoisotopic (exact) mass is 453 g/mol. The first-order valence-corrected chi connectivity index (χ1v) is 11.8. The van der Waals surface area contributed by atoms with Gasteiger partial charge < -0.3 is 19.9 Å². The molecule has 4 aromatic rings. The van der Waals surface area contributed by atoms with Crippen LogP contribution < -0.4 is 10.2 Å². The van der Waals surface area contributed by atoms with Crippen molar-refractivity contribution in [3.05, 3.63) is 66.6 Å². The van der Waals surface area contributed by atoms with Crippen molar-refractivity contribution in [1.82, 2.24) is 15.0 Å². The summed E-state index contributed by atoms with van der Waals surface area (Å²) in [6.07, 6.45) is 9.36. The maximum atomic E-state index is 13.9. The van der Waals surface area contributed by atoms with E-state index in [4.69, 9.17) is 4.74 Å². The van der Waals surface area contributed by atoms with Crippen molar-refractivity contribution in [3.63, 3.8) is 0 Å². The van der Waals surface area contributed by atoms with Crippen LogP contribution in [0, 0.1) is 5.92 Å². The second-order valence-corrected chi connectivity index (χ2v) is 9.14. The lowest BCUT2D eigenvalue weighted by Crippen LogP contribution is -2.38. The van der Waals surface area contributed by atoms with Gasteiger partial charge in [0.25, 0.3) is 0 Å². The Hall–Kier alpha value is -3.71. The topological polar surface area (TPSA) is 83.1 Å². The van der Waals surface area contributed by atoms with Crippen LogP contribution in [-0.4, -0.2) is 34.1 Å². The van der Waals surface area contributed by atoms with Crippen LogP contribution in [0.2, 0.25) is 0 Å². The second-order valence-electron chi connectivity index (χ2n) is 9.14. The highest BCUT2D eigenvalue weighted by atomic mass is 16.5. The molecule has 172 valence electrons. The number of hydrogen-bond acceptors (Lipinski definition) is 5. The van der Waals surface area contributed by atoms with E-state index in [0.29, 0.717) is 6.54 Å². The Morgan fingerprint density at radius 3 is 2.79 bits per heavy atom. The van der Waals surface area contributed by atoms with Crippen LogP contribution in [0.1, 0.15) is 31.2 Å². The number of fused-ring (bicyclic) bond motifs is 3. The third-order valence-corrected chi connectivity index (χ3v) is 7.12. The molecule has 1 fully saturated rings. The summed E-state index contributed by atoms with van der Waals surface area (Å²) in [4.78, 5) is 28.2. The molecule has 0 atom stereocenters. The largest absolute Gasteiger partial charge is 0.381 e. The molecule has 0 radical (unpaired) electrons. The maximum Gasteiger partial charge on any atom is 0.230 e. The molecule has 1 aromatic carbocycles. The molecule has 4 heterocycles. The second kappa shape index (κ2) is 8.57. The number of carbonyl (C=O) groups is 1. The number of nitrogens with one attached hydrogen (secondary N) is 2. The van der Waals surface area contributed by atoms with Gasteiger partial charge in [-0.15, -0.1) is 0 Å². The first-order valence-electron chi connectivity index (χ1n) is 11.8. The van der Waals surface area contributed by atoms with E-state index in [-0.39, 0.29) is 17.9 Å². The van der Waals surface area contributed by atoms with Crippen LogP contribution >= 0.6 is 0 Å². The van der Waals surface area contributed by atoms with E-state index in [9.17, 15) is 4.79 Å². The van der Waals surface area contributed by atoms with Crippen molar-refractivity contribution >= 4 is 34.1 Å². The van der Waals surface area contributed by atoms with Gasteiger partial charge in [0.2, 0.25) is 5.91 Å². The zero-order valence-electron chi connectivity index (χ0n) is 19.1. The van der Waals surface area contributed by atoms with Gasteiger partial charge in [0.15, 0.2) is 0 Å². The van der Waals surface area contributed by atoms with Crippen LogP contribution in [0.4, 0.5) is 17.2 Å². The Kier molecular flexibility index (Phi) is 5.26. The van der Waals surface area contributed by atoms with Crippen molar-refractivity contribution in [1.29, 1.82) is 0 Å². The van der Waals surface area contributed by atoms with Gasteiger partial charge >= 0.3 is 0 Å². The number of carbonyl (C=O) groups excluding carboxylic acids is 1. The molecule has 34 heavy (non-hydrogen) atoms. The molecule has 2 aliphatic rings. The molecule has 1 aliphatic carbocycles. The highest BCUT2D eigenvalue weighted by molar-refractivity contribution is 6.00. The van der Waals surface area contributed by atoms with Crippen LogP contribution in [0.25, 0.3) is 22.2 Å². The minimum Gasteiger partial charge on any atom is -0.381 e. The van der Waals surface area contributed by atoms with Crippen LogP contribution in [-0.2, 0) is 16.1 Å². The zero-order valence-corrected chi connectivity index (χ0v) is 19.1. The lowest BCUT2D eigenvalue weighted by Gasteiger charge is -2.32. The first kappa shape index (κ1) is 20.9. The Bertz CT molecular complexity index is 1360. The maximum absolute atomic E-state index is 13.9. The van der Waals surface area contributed by atoms with Crippen LogP contribution in [0.5, 0.6) is 0 Å². The fourth-order valence-electron chi connectivity index (χ4n) is 5.16. The molecule has 7 nitrogen and oxygen atoms in total. The van der Waals surface area contributed by atoms with Crippen molar-refractivity contribution in [2.24, 2.45) is 5.92 Å². The Balaban J connectivity index is 1.40. The summed E-state index contributed by atoms with van der Waals surface area (Å²) in [6.45, 7) is 0.490. The van der Waals surface area contributed by atoms with Gasteiger partial charge in [0.05, 0.1) is 35.1 Å². The van der Waals surface area contributed by atoms with E-state index in [1.807, 2.05) is 41.6 Å². The summed E-state index contributed by atoms with van der Waals surface area (Å²) in [5.74, 6) is 0.965. The number of aromatic nitrogens is 3. The van der Waals surface area contributed by atoms with Gasteiger partial charge in [0.1, 0.15) is 5.82 Å². The number of nitrogens with zero attached hydrogens (tertiary/aromatic N) is 3. The molecule has 7 heteroatoms. The van der Waals surface area contributed by atoms with E-state index in [1.165, 1.54) is 0 Å². The molecule has 0 spiro atoms. The number of anilines is 3. The molecule has 0 unspecified atom stereocenters. The average molecular weight is 454 g/mol. The van der Waals surface area contributed by atoms with Crippen LogP contribution in [0.3, 0.4) is 0 Å². The summed E-state index contributed by atoms with van der Waals surface area (Å²) in [7, 11) is 1.76. The lowest BCUT2D eigenvalue weighted by molar-refractivity contribution is -0.124. The minimum absolute atomic E-state index is 0.00179. The lowest BCUT2D eigenvalue weighted by atomic mass is 9.86. The van der Waals surface area contributed by atoms with E-state index in [1.54, 1.807) is 13.3 Å². The standard InChI is InChI=1S/C27H27N5O2/c1-34-21-7-4-17(5-8-21)27(33)32-16-19-3-2-11-29-26(19)31-23-9-6-18(14-25(23)32)20-13-24-22(30-15-20)10-12-28-24/h2-3,6,9-15,17,21,28H,4-5,7-8,16H2,1H3,(H,29,31)/t17-,21-. The van der Waals surface area contributed by atoms with Crippen molar-refractivity contribution < 1.29 is 9.53 Å². The van der Waals surface area contributed by atoms with Gasteiger partial charge in [-0.05, 0) is 61.6 Å². The van der Waals surface area contributed by atoms with Crippen LogP contribution in [0.15, 0.2) is 61.1 Å². The fourth-order valence-corrected chi connectivity index (χ4v) is 5.16. The van der Waals surface area contributed by atoms with Crippen molar-refractivity contribution in [2.45, 2.75) is 38.3 Å². The van der Waals surface area contributed by atoms with Gasteiger partial charge in [-0.1, -0.05) is 12.1 Å². The number of pyridine rings is 2. The number of aromatic amines is 1. The predicted molar refractivity (Wildman–Crippen MR) is 133 cm³/mol. The molecule has 1 saturated carbocycles. The first-order chi connectivity index (χ1) is 16.7. The van der Waals surface area contributed by atoms with E-state index in [0.717, 1.165) is 70.6 Å². The highest BCUT2D eigenvalue weighted by Crippen LogP contribution is 2.40. The zero-order chi connectivity index (χ0) is 23.1. The molecule has 1 aliphatic heterocycles. The molecule has 6 rings (SSSR count). The van der Waals surface area contributed by atoms with E-state index < -0.39 is 0 Å². The number of H-pyrrole nitrogens is 1. The Morgan fingerprint density at radius 1 is 1.06 bits per heavy atom. The number of amides is 1. The normalized spacial score (nSPS) is 19.7. The predicted octanol–water partition coefficient (Wildman–Crippen LogP) is 5.42. The molecule has 2 N–H and O–H groups in total. The van der Waals surface area contributed by atoms with E-state index >= 15 is 0 Å². The number of rotatable bonds is 3. The van der Waals surface area contributed by atoms with Gasteiger partial charge in [-0.3, -0.25) is 9.78 Å². The third kappa shape index (κ3) is 3.72. The SMILES string of the molecule is CO[C@H]1CC[C@H](C(=O)N2Cc3cccnc3Nc3ccc(-c4cnc5cc[nH]c5c4)cc32)CC1. The summed E-state index contributed by atoms with van der Waals surface area (Å²) >= 11 is 0. The molecule has 0 saturated heterocycles. The number of benzene rings is 1. The average Bonchev–Trinajstić information content (AvgIpc) is 3.29. The Morgan fingerprint density at radius 2 is 1.94 bits per heavy atom. The molecule has 0 bridgehead atoms. The molecular formula is C27H27N5O2. The number of ether oxygens (including phenoxy) is 1. The van der Waals surface area contributed by atoms with Crippen molar-refractivity contribution in [2.75, 3.05) is 17.3 Å². The third-order valence-electron chi connectivity index (χ3n) is 7.12. The smallest absolute Gasteiger partial charge is 0.230 e. The summed E-state index contributed by atoms with van der Waals surface area (Å²) < 4.78 is 5.53. The molecule has 3 aromatic heterocycles. The van der Waals surface area contributed by atoms with E-state index in [2.05, 4.69) is 38.5 Å². The summed E-state index contributed by atoms with van der Waals surface area (Å²) in [5, 5.41) is 3.46. The van der Waals surface area contributed by atoms with Crippen molar-refractivity contribution in [3.8, 4) is 11.1 Å². The minimum atomic E-state index is -0.00179. The Labute approximate surface area is 198 Å².